The Morgan fingerprint density at radius 3 is 2.33 bits per heavy atom. The Kier molecular flexibility index (Phi) is 3.19. The average molecular weight is 249 g/mol. The Morgan fingerprint density at radius 2 is 1.78 bits per heavy atom. The second-order valence-electron chi connectivity index (χ2n) is 3.93. The molecular formula is C14H10F3N. The first-order valence-electron chi connectivity index (χ1n) is 5.26. The normalized spacial score (nSPS) is 10.4. The van der Waals surface area contributed by atoms with Gasteiger partial charge >= 0.3 is 0 Å². The van der Waals surface area contributed by atoms with Gasteiger partial charge in [-0.15, -0.1) is 0 Å². The van der Waals surface area contributed by atoms with E-state index >= 15 is 0 Å². The molecule has 0 radical (unpaired) electrons. The number of hydrogen-bond donors (Lipinski definition) is 0. The molecule has 2 rings (SSSR count). The van der Waals surface area contributed by atoms with Crippen LogP contribution in [0.3, 0.4) is 0 Å². The van der Waals surface area contributed by atoms with Gasteiger partial charge in [0, 0.05) is 5.56 Å². The first-order chi connectivity index (χ1) is 8.50. The molecule has 2 aromatic rings. The number of allylic oxidation sites excluding steroid dienone is 1. The zero-order valence-electron chi connectivity index (χ0n) is 9.67. The molecule has 4 heteroatoms. The fraction of sp³-hybridized carbons (Fsp3) is 0.0714. The van der Waals surface area contributed by atoms with Crippen molar-refractivity contribution in [1.82, 2.24) is 4.98 Å². The van der Waals surface area contributed by atoms with Crippen LogP contribution < -0.4 is 0 Å². The average Bonchev–Trinajstić information content (AvgIpc) is 2.28. The molecule has 92 valence electrons. The highest BCUT2D eigenvalue weighted by atomic mass is 19.1. The van der Waals surface area contributed by atoms with E-state index in [0.29, 0.717) is 5.57 Å². The van der Waals surface area contributed by atoms with Crippen LogP contribution in [-0.2, 0) is 0 Å². The van der Waals surface area contributed by atoms with Crippen molar-refractivity contribution in [3.63, 3.8) is 0 Å². The van der Waals surface area contributed by atoms with E-state index in [4.69, 9.17) is 0 Å². The Balaban J connectivity index is 2.77. The van der Waals surface area contributed by atoms with Gasteiger partial charge < -0.3 is 0 Å². The van der Waals surface area contributed by atoms with Crippen LogP contribution in [0.1, 0.15) is 12.6 Å². The molecule has 0 fully saturated rings. The SMILES string of the molecule is C=C(C)c1ncc(F)cc1-c1c(F)cccc1F. The fourth-order valence-electron chi connectivity index (χ4n) is 1.73. The lowest BCUT2D eigenvalue weighted by Gasteiger charge is -2.10. The van der Waals surface area contributed by atoms with E-state index in [1.54, 1.807) is 6.92 Å². The van der Waals surface area contributed by atoms with Crippen molar-refractivity contribution in [3.05, 3.63) is 60.2 Å². The van der Waals surface area contributed by atoms with Gasteiger partial charge in [0.25, 0.3) is 0 Å². The van der Waals surface area contributed by atoms with Gasteiger partial charge in [-0.3, -0.25) is 4.98 Å². The van der Waals surface area contributed by atoms with Crippen molar-refractivity contribution in [3.8, 4) is 11.1 Å². The van der Waals surface area contributed by atoms with Crippen molar-refractivity contribution < 1.29 is 13.2 Å². The zero-order valence-corrected chi connectivity index (χ0v) is 9.67. The van der Waals surface area contributed by atoms with Crippen LogP contribution in [0.5, 0.6) is 0 Å². The molecule has 1 aromatic carbocycles. The smallest absolute Gasteiger partial charge is 0.142 e. The minimum atomic E-state index is -0.759. The lowest BCUT2D eigenvalue weighted by atomic mass is 9.99. The summed E-state index contributed by atoms with van der Waals surface area (Å²) in [5, 5.41) is 0. The number of hydrogen-bond acceptors (Lipinski definition) is 1. The van der Waals surface area contributed by atoms with E-state index in [9.17, 15) is 13.2 Å². The highest BCUT2D eigenvalue weighted by Crippen LogP contribution is 2.31. The second-order valence-corrected chi connectivity index (χ2v) is 3.93. The molecule has 0 atom stereocenters. The molecule has 0 spiro atoms. The molecule has 0 bridgehead atoms. The fourth-order valence-corrected chi connectivity index (χ4v) is 1.73. The van der Waals surface area contributed by atoms with E-state index in [2.05, 4.69) is 11.6 Å². The predicted molar refractivity (Wildman–Crippen MR) is 64.3 cm³/mol. The van der Waals surface area contributed by atoms with E-state index in [-0.39, 0.29) is 16.8 Å². The van der Waals surface area contributed by atoms with Gasteiger partial charge in [0.1, 0.15) is 17.5 Å². The highest BCUT2D eigenvalue weighted by molar-refractivity contribution is 5.78. The minimum Gasteiger partial charge on any atom is -0.253 e. The van der Waals surface area contributed by atoms with Gasteiger partial charge in [0.2, 0.25) is 0 Å². The van der Waals surface area contributed by atoms with Crippen LogP contribution in [0.25, 0.3) is 16.7 Å². The quantitative estimate of drug-likeness (QED) is 0.777. The van der Waals surface area contributed by atoms with E-state index < -0.39 is 17.5 Å². The molecule has 0 aliphatic rings. The number of benzene rings is 1. The van der Waals surface area contributed by atoms with Crippen molar-refractivity contribution in [2.45, 2.75) is 6.92 Å². The maximum atomic E-state index is 13.7. The highest BCUT2D eigenvalue weighted by Gasteiger charge is 2.16. The Hall–Kier alpha value is -2.10. The molecule has 0 unspecified atom stereocenters. The van der Waals surface area contributed by atoms with Gasteiger partial charge in [-0.2, -0.15) is 0 Å². The number of aromatic nitrogens is 1. The zero-order chi connectivity index (χ0) is 13.3. The molecule has 1 aromatic heterocycles. The summed E-state index contributed by atoms with van der Waals surface area (Å²) in [5.74, 6) is -2.17. The summed E-state index contributed by atoms with van der Waals surface area (Å²) in [6, 6.07) is 4.54. The minimum absolute atomic E-state index is 0.0677. The molecule has 0 saturated heterocycles. The number of pyridine rings is 1. The summed E-state index contributed by atoms with van der Waals surface area (Å²) >= 11 is 0. The van der Waals surface area contributed by atoms with Crippen LogP contribution in [-0.4, -0.2) is 4.98 Å². The molecule has 18 heavy (non-hydrogen) atoms. The van der Waals surface area contributed by atoms with Gasteiger partial charge in [-0.1, -0.05) is 12.6 Å². The van der Waals surface area contributed by atoms with E-state index in [1.807, 2.05) is 0 Å². The first-order valence-corrected chi connectivity index (χ1v) is 5.26. The maximum Gasteiger partial charge on any atom is 0.142 e. The summed E-state index contributed by atoms with van der Waals surface area (Å²) < 4.78 is 40.6. The Bertz CT molecular complexity index is 600. The summed E-state index contributed by atoms with van der Waals surface area (Å²) in [6.45, 7) is 5.31. The van der Waals surface area contributed by atoms with Crippen molar-refractivity contribution in [2.75, 3.05) is 0 Å². The monoisotopic (exact) mass is 249 g/mol. The third kappa shape index (κ3) is 2.14. The molecule has 0 amide bonds. The van der Waals surface area contributed by atoms with Crippen molar-refractivity contribution in [2.24, 2.45) is 0 Å². The molecular weight excluding hydrogens is 239 g/mol. The van der Waals surface area contributed by atoms with Gasteiger partial charge in [0.15, 0.2) is 0 Å². The number of rotatable bonds is 2. The van der Waals surface area contributed by atoms with Crippen molar-refractivity contribution in [1.29, 1.82) is 0 Å². The summed E-state index contributed by atoms with van der Waals surface area (Å²) in [7, 11) is 0. The van der Waals surface area contributed by atoms with Gasteiger partial charge in [-0.25, -0.2) is 13.2 Å². The Morgan fingerprint density at radius 1 is 1.17 bits per heavy atom. The second kappa shape index (κ2) is 4.64. The van der Waals surface area contributed by atoms with Crippen LogP contribution in [0.15, 0.2) is 37.0 Å². The van der Waals surface area contributed by atoms with Crippen LogP contribution in [0.4, 0.5) is 13.2 Å². The summed E-state index contributed by atoms with van der Waals surface area (Å²) in [5.41, 5.74) is 0.564. The molecule has 1 heterocycles. The molecule has 0 aliphatic heterocycles. The van der Waals surface area contributed by atoms with Crippen LogP contribution in [0, 0.1) is 17.5 Å². The lowest BCUT2D eigenvalue weighted by Crippen LogP contribution is -1.97. The number of halogens is 3. The molecule has 0 aliphatic carbocycles. The largest absolute Gasteiger partial charge is 0.253 e. The van der Waals surface area contributed by atoms with Gasteiger partial charge in [0.05, 0.1) is 17.5 Å². The molecule has 0 saturated carbocycles. The van der Waals surface area contributed by atoms with Crippen molar-refractivity contribution >= 4 is 5.57 Å². The summed E-state index contributed by atoms with van der Waals surface area (Å²) in [6.07, 6.45) is 0.992. The lowest BCUT2D eigenvalue weighted by molar-refractivity contribution is 0.588. The third-order valence-electron chi connectivity index (χ3n) is 2.49. The van der Waals surface area contributed by atoms with Crippen LogP contribution in [0.2, 0.25) is 0 Å². The van der Waals surface area contributed by atoms with Crippen LogP contribution >= 0.6 is 0 Å². The Labute approximate surface area is 103 Å². The van der Waals surface area contributed by atoms with Gasteiger partial charge in [-0.05, 0) is 30.7 Å². The predicted octanol–water partition coefficient (Wildman–Crippen LogP) is 4.20. The standard InChI is InChI=1S/C14H10F3N/c1-8(2)14-10(6-9(15)7-18-14)13-11(16)4-3-5-12(13)17/h3-7H,1H2,2H3. The number of nitrogens with zero attached hydrogens (tertiary/aromatic N) is 1. The molecule has 0 N–H and O–H groups in total. The topological polar surface area (TPSA) is 12.9 Å². The maximum absolute atomic E-state index is 13.7. The first kappa shape index (κ1) is 12.4. The summed E-state index contributed by atoms with van der Waals surface area (Å²) in [4.78, 5) is 3.83. The van der Waals surface area contributed by atoms with E-state index in [1.165, 1.54) is 6.07 Å². The van der Waals surface area contributed by atoms with E-state index in [0.717, 1.165) is 24.4 Å². The third-order valence-corrected chi connectivity index (χ3v) is 2.49. The molecule has 1 nitrogen and oxygen atoms in total.